The third kappa shape index (κ3) is 3.72. The molecule has 0 fully saturated rings. The first kappa shape index (κ1) is 13.9. The van der Waals surface area contributed by atoms with E-state index in [1.807, 2.05) is 30.3 Å². The van der Waals surface area contributed by atoms with Gasteiger partial charge in [-0.1, -0.05) is 30.3 Å². The van der Waals surface area contributed by atoms with E-state index in [0.717, 1.165) is 12.1 Å². The number of phenolic OH excluding ortho intramolecular Hbond substituents is 1. The Morgan fingerprint density at radius 1 is 1.11 bits per heavy atom. The topological polar surface area (TPSA) is 41.5 Å². The summed E-state index contributed by atoms with van der Waals surface area (Å²) >= 11 is 3.32. The number of ether oxygens (including phenoxy) is 1. The van der Waals surface area contributed by atoms with Gasteiger partial charge in [-0.25, -0.2) is 0 Å². The summed E-state index contributed by atoms with van der Waals surface area (Å²) in [6.07, 6.45) is 0. The van der Waals surface area contributed by atoms with Gasteiger partial charge in [0.1, 0.15) is 0 Å². The number of benzene rings is 2. The lowest BCUT2D eigenvalue weighted by Crippen LogP contribution is -2.12. The molecule has 4 heteroatoms. The average Bonchev–Trinajstić information content (AvgIpc) is 2.43. The minimum absolute atomic E-state index is 0.134. The molecule has 0 heterocycles. The van der Waals surface area contributed by atoms with Crippen LogP contribution in [0.2, 0.25) is 0 Å². The Bertz CT molecular complexity index is 543. The molecular weight excluding hydrogens is 306 g/mol. The number of rotatable bonds is 5. The van der Waals surface area contributed by atoms with E-state index in [2.05, 4.69) is 33.4 Å². The van der Waals surface area contributed by atoms with Crippen LogP contribution in [0.25, 0.3) is 0 Å². The molecule has 0 radical (unpaired) electrons. The molecule has 100 valence electrons. The molecule has 0 amide bonds. The normalized spacial score (nSPS) is 10.4. The van der Waals surface area contributed by atoms with E-state index in [-0.39, 0.29) is 5.75 Å². The molecule has 0 spiro atoms. The third-order valence-electron chi connectivity index (χ3n) is 2.81. The van der Waals surface area contributed by atoms with Crippen LogP contribution in [0.15, 0.2) is 46.9 Å². The standard InChI is InChI=1S/C15H16BrNO2/c1-19-14-8-12(7-13(16)15(14)18)10-17-9-11-5-3-2-4-6-11/h2-8,17-18H,9-10H2,1H3. The van der Waals surface area contributed by atoms with Crippen molar-refractivity contribution in [2.75, 3.05) is 7.11 Å². The van der Waals surface area contributed by atoms with E-state index in [1.165, 1.54) is 5.56 Å². The van der Waals surface area contributed by atoms with E-state index in [9.17, 15) is 5.11 Å². The Kier molecular flexibility index (Phi) is 4.82. The summed E-state index contributed by atoms with van der Waals surface area (Å²) in [5.74, 6) is 0.611. The van der Waals surface area contributed by atoms with E-state index < -0.39 is 0 Å². The Morgan fingerprint density at radius 2 is 1.79 bits per heavy atom. The highest BCUT2D eigenvalue weighted by atomic mass is 79.9. The minimum Gasteiger partial charge on any atom is -0.503 e. The largest absolute Gasteiger partial charge is 0.503 e. The second kappa shape index (κ2) is 6.59. The molecule has 0 atom stereocenters. The van der Waals surface area contributed by atoms with Crippen LogP contribution in [-0.2, 0) is 13.1 Å². The van der Waals surface area contributed by atoms with Crippen molar-refractivity contribution in [2.45, 2.75) is 13.1 Å². The first-order valence-corrected chi connectivity index (χ1v) is 6.80. The molecule has 0 aliphatic heterocycles. The zero-order chi connectivity index (χ0) is 13.7. The van der Waals surface area contributed by atoms with Crippen molar-refractivity contribution in [2.24, 2.45) is 0 Å². The van der Waals surface area contributed by atoms with E-state index >= 15 is 0 Å². The summed E-state index contributed by atoms with van der Waals surface area (Å²) in [6.45, 7) is 1.52. The highest BCUT2D eigenvalue weighted by molar-refractivity contribution is 9.10. The average molecular weight is 322 g/mol. The van der Waals surface area contributed by atoms with Crippen LogP contribution in [0.3, 0.4) is 0 Å². The van der Waals surface area contributed by atoms with Gasteiger partial charge in [0.15, 0.2) is 11.5 Å². The second-order valence-corrected chi connectivity index (χ2v) is 5.07. The van der Waals surface area contributed by atoms with Gasteiger partial charge in [0.2, 0.25) is 0 Å². The number of halogens is 1. The molecule has 2 rings (SSSR count). The maximum Gasteiger partial charge on any atom is 0.172 e. The molecule has 2 aromatic carbocycles. The summed E-state index contributed by atoms with van der Waals surface area (Å²) in [6, 6.07) is 13.9. The number of hydrogen-bond acceptors (Lipinski definition) is 3. The third-order valence-corrected chi connectivity index (χ3v) is 3.41. The number of aromatic hydroxyl groups is 1. The molecule has 0 aliphatic carbocycles. The molecule has 0 saturated heterocycles. The van der Waals surface area contributed by atoms with Gasteiger partial charge in [0.25, 0.3) is 0 Å². The summed E-state index contributed by atoms with van der Waals surface area (Å²) in [5.41, 5.74) is 2.30. The summed E-state index contributed by atoms with van der Waals surface area (Å²) in [5, 5.41) is 13.1. The highest BCUT2D eigenvalue weighted by Gasteiger charge is 2.08. The zero-order valence-electron chi connectivity index (χ0n) is 10.7. The monoisotopic (exact) mass is 321 g/mol. The van der Waals surface area contributed by atoms with Crippen molar-refractivity contribution in [3.05, 3.63) is 58.1 Å². The molecule has 0 aliphatic rings. The molecule has 3 nitrogen and oxygen atoms in total. The van der Waals surface area contributed by atoms with Gasteiger partial charge in [-0.3, -0.25) is 0 Å². The fraction of sp³-hybridized carbons (Fsp3) is 0.200. The summed E-state index contributed by atoms with van der Waals surface area (Å²) in [4.78, 5) is 0. The Labute approximate surface area is 121 Å². The number of hydrogen-bond donors (Lipinski definition) is 2. The molecule has 0 saturated carbocycles. The Balaban J connectivity index is 1.98. The first-order chi connectivity index (χ1) is 9.20. The fourth-order valence-electron chi connectivity index (χ4n) is 1.83. The lowest BCUT2D eigenvalue weighted by Gasteiger charge is -2.10. The predicted molar refractivity (Wildman–Crippen MR) is 79.3 cm³/mol. The molecule has 2 N–H and O–H groups in total. The van der Waals surface area contributed by atoms with Gasteiger partial charge in [0, 0.05) is 13.1 Å². The quantitative estimate of drug-likeness (QED) is 0.886. The van der Waals surface area contributed by atoms with Crippen LogP contribution in [0.4, 0.5) is 0 Å². The molecule has 0 bridgehead atoms. The van der Waals surface area contributed by atoms with Gasteiger partial charge in [0.05, 0.1) is 11.6 Å². The SMILES string of the molecule is COc1cc(CNCc2ccccc2)cc(Br)c1O. The van der Waals surface area contributed by atoms with E-state index in [0.29, 0.717) is 16.8 Å². The Hall–Kier alpha value is -1.52. The van der Waals surface area contributed by atoms with Crippen LogP contribution in [0.1, 0.15) is 11.1 Å². The summed E-state index contributed by atoms with van der Waals surface area (Å²) in [7, 11) is 1.54. The van der Waals surface area contributed by atoms with Gasteiger partial charge >= 0.3 is 0 Å². The lowest BCUT2D eigenvalue weighted by atomic mass is 10.2. The van der Waals surface area contributed by atoms with Gasteiger partial charge in [-0.2, -0.15) is 0 Å². The number of phenols is 1. The number of methoxy groups -OCH3 is 1. The van der Waals surface area contributed by atoms with Crippen LogP contribution >= 0.6 is 15.9 Å². The van der Waals surface area contributed by atoms with Crippen molar-refractivity contribution < 1.29 is 9.84 Å². The summed E-state index contributed by atoms with van der Waals surface area (Å²) < 4.78 is 5.77. The van der Waals surface area contributed by atoms with Gasteiger partial charge in [-0.15, -0.1) is 0 Å². The Morgan fingerprint density at radius 3 is 2.47 bits per heavy atom. The van der Waals surface area contributed by atoms with Crippen LogP contribution in [0, 0.1) is 0 Å². The van der Waals surface area contributed by atoms with Gasteiger partial charge < -0.3 is 15.2 Å². The van der Waals surface area contributed by atoms with Crippen molar-refractivity contribution in [1.29, 1.82) is 0 Å². The minimum atomic E-state index is 0.134. The van der Waals surface area contributed by atoms with Crippen molar-refractivity contribution in [3.8, 4) is 11.5 Å². The van der Waals surface area contributed by atoms with Gasteiger partial charge in [-0.05, 0) is 39.2 Å². The maximum atomic E-state index is 9.73. The zero-order valence-corrected chi connectivity index (χ0v) is 12.3. The molecule has 2 aromatic rings. The van der Waals surface area contributed by atoms with E-state index in [4.69, 9.17) is 4.74 Å². The van der Waals surface area contributed by atoms with Crippen molar-refractivity contribution in [1.82, 2.24) is 5.32 Å². The van der Waals surface area contributed by atoms with Crippen molar-refractivity contribution in [3.63, 3.8) is 0 Å². The highest BCUT2D eigenvalue weighted by Crippen LogP contribution is 2.35. The van der Waals surface area contributed by atoms with Crippen molar-refractivity contribution >= 4 is 15.9 Å². The second-order valence-electron chi connectivity index (χ2n) is 4.22. The number of nitrogens with one attached hydrogen (secondary N) is 1. The fourth-order valence-corrected chi connectivity index (χ4v) is 2.32. The predicted octanol–water partition coefficient (Wildman–Crippen LogP) is 3.45. The molecule has 0 unspecified atom stereocenters. The van der Waals surface area contributed by atoms with Crippen LogP contribution in [0.5, 0.6) is 11.5 Å². The first-order valence-electron chi connectivity index (χ1n) is 6.00. The smallest absolute Gasteiger partial charge is 0.172 e. The molecular formula is C15H16BrNO2. The lowest BCUT2D eigenvalue weighted by molar-refractivity contribution is 0.371. The van der Waals surface area contributed by atoms with E-state index in [1.54, 1.807) is 7.11 Å². The van der Waals surface area contributed by atoms with Crippen LogP contribution in [-0.4, -0.2) is 12.2 Å². The maximum absolute atomic E-state index is 9.73. The van der Waals surface area contributed by atoms with Crippen LogP contribution < -0.4 is 10.1 Å². The molecule has 0 aromatic heterocycles. The molecule has 19 heavy (non-hydrogen) atoms.